The molecule has 4 atom stereocenters. The van der Waals surface area contributed by atoms with E-state index in [1.54, 1.807) is 0 Å². The molecular weight excluding hydrogens is 416 g/mol. The van der Waals surface area contributed by atoms with E-state index in [1.165, 1.54) is 19.3 Å². The monoisotopic (exact) mass is 468 g/mol. The molecule has 1 saturated carbocycles. The molecule has 2 N–H and O–H groups in total. The highest BCUT2D eigenvalue weighted by Crippen LogP contribution is 2.42. The first-order valence-corrected chi connectivity index (χ1v) is 16.1. The van der Waals surface area contributed by atoms with Gasteiger partial charge in [-0.15, -0.1) is 0 Å². The Morgan fingerprint density at radius 3 is 2.47 bits per heavy atom. The second-order valence-corrected chi connectivity index (χ2v) is 16.2. The molecule has 0 aromatic rings. The lowest BCUT2D eigenvalue weighted by atomic mass is 9.77. The minimum atomic E-state index is -1.74. The molecular formula is C27H52O4Si. The maximum Gasteiger partial charge on any atom is 0.303 e. The zero-order valence-corrected chi connectivity index (χ0v) is 23.0. The van der Waals surface area contributed by atoms with E-state index in [2.05, 4.69) is 59.9 Å². The first-order chi connectivity index (χ1) is 14.9. The van der Waals surface area contributed by atoms with E-state index in [9.17, 15) is 9.90 Å². The van der Waals surface area contributed by atoms with Crippen LogP contribution in [0.2, 0.25) is 18.6 Å². The lowest BCUT2D eigenvalue weighted by molar-refractivity contribution is -0.137. The standard InChI is InChI=1S/C27H52O4Si/c1-8-9-20-27(4,5)25(31-32(6,7)21(2)3)19-17-22-16-18-24(28)23(22)14-12-10-11-13-15-26(29)30/h10,12,21-25,28H,8-9,11,13-20H2,1-7H3,(H,29,30)/b12-10-. The Hall–Kier alpha value is -0.653. The normalized spacial score (nSPS) is 23.3. The summed E-state index contributed by atoms with van der Waals surface area (Å²) in [5.74, 6) is 0.137. The van der Waals surface area contributed by atoms with Crippen LogP contribution in [0, 0.1) is 17.3 Å². The van der Waals surface area contributed by atoms with Crippen molar-refractivity contribution in [3.63, 3.8) is 0 Å². The van der Waals surface area contributed by atoms with Crippen LogP contribution in [-0.4, -0.2) is 36.7 Å². The molecule has 1 fully saturated rings. The zero-order valence-electron chi connectivity index (χ0n) is 22.0. The SMILES string of the molecule is CCCCC(C)(C)C(CCC1CCC(O)C1C/C=C\CCCC(=O)O)O[Si](C)(C)C(C)C. The van der Waals surface area contributed by atoms with Gasteiger partial charge in [-0.05, 0) is 87.3 Å². The topological polar surface area (TPSA) is 66.8 Å². The summed E-state index contributed by atoms with van der Waals surface area (Å²) in [5, 5.41) is 19.4. The van der Waals surface area contributed by atoms with E-state index in [0.29, 0.717) is 23.8 Å². The maximum absolute atomic E-state index is 10.6. The van der Waals surface area contributed by atoms with Crippen molar-refractivity contribution in [2.24, 2.45) is 17.3 Å². The number of carboxylic acids is 1. The molecule has 0 aromatic carbocycles. The van der Waals surface area contributed by atoms with Crippen LogP contribution in [0.5, 0.6) is 0 Å². The van der Waals surface area contributed by atoms with Gasteiger partial charge in [0.25, 0.3) is 0 Å². The fraction of sp³-hybridized carbons (Fsp3) is 0.889. The second kappa shape index (κ2) is 13.9. The summed E-state index contributed by atoms with van der Waals surface area (Å²) in [6.07, 6.45) is 14.8. The molecule has 1 aliphatic rings. The number of carbonyl (C=O) groups is 1. The average molecular weight is 469 g/mol. The minimum Gasteiger partial charge on any atom is -0.481 e. The fourth-order valence-corrected chi connectivity index (χ4v) is 6.29. The Balaban J connectivity index is 2.74. The van der Waals surface area contributed by atoms with E-state index in [0.717, 1.165) is 38.5 Å². The number of rotatable bonds is 16. The molecule has 5 heteroatoms. The van der Waals surface area contributed by atoms with Gasteiger partial charge in [-0.2, -0.15) is 0 Å². The van der Waals surface area contributed by atoms with Crippen LogP contribution in [0.3, 0.4) is 0 Å². The molecule has 32 heavy (non-hydrogen) atoms. The van der Waals surface area contributed by atoms with Gasteiger partial charge in [-0.3, -0.25) is 4.79 Å². The lowest BCUT2D eigenvalue weighted by Crippen LogP contribution is -2.44. The van der Waals surface area contributed by atoms with E-state index >= 15 is 0 Å². The third-order valence-electron chi connectivity index (χ3n) is 7.95. The van der Waals surface area contributed by atoms with Crippen molar-refractivity contribution < 1.29 is 19.4 Å². The quantitative estimate of drug-likeness (QED) is 0.139. The van der Waals surface area contributed by atoms with Crippen LogP contribution in [0.1, 0.15) is 105 Å². The van der Waals surface area contributed by atoms with E-state index in [4.69, 9.17) is 9.53 Å². The van der Waals surface area contributed by atoms with Crippen molar-refractivity contribution in [2.45, 2.75) is 136 Å². The zero-order chi connectivity index (χ0) is 24.4. The number of aliphatic hydroxyl groups excluding tert-OH is 1. The molecule has 4 unspecified atom stereocenters. The van der Waals surface area contributed by atoms with Gasteiger partial charge in [0.05, 0.1) is 12.2 Å². The van der Waals surface area contributed by atoms with Gasteiger partial charge in [0.1, 0.15) is 0 Å². The van der Waals surface area contributed by atoms with E-state index in [-0.39, 0.29) is 24.0 Å². The van der Waals surface area contributed by atoms with Crippen molar-refractivity contribution in [3.8, 4) is 0 Å². The maximum atomic E-state index is 10.6. The first kappa shape index (κ1) is 29.4. The first-order valence-electron chi connectivity index (χ1n) is 13.1. The van der Waals surface area contributed by atoms with Crippen molar-refractivity contribution in [1.29, 1.82) is 0 Å². The molecule has 0 spiro atoms. The number of unbranched alkanes of at least 4 members (excludes halogenated alkanes) is 2. The lowest BCUT2D eigenvalue weighted by Gasteiger charge is -2.42. The number of aliphatic carboxylic acids is 1. The number of hydrogen-bond acceptors (Lipinski definition) is 3. The number of carboxylic acid groups (broad SMARTS) is 1. The van der Waals surface area contributed by atoms with Crippen LogP contribution < -0.4 is 0 Å². The molecule has 0 bridgehead atoms. The fourth-order valence-electron chi connectivity index (χ4n) is 4.85. The molecule has 1 aliphatic carbocycles. The van der Waals surface area contributed by atoms with Crippen LogP contribution in [0.15, 0.2) is 12.2 Å². The van der Waals surface area contributed by atoms with Crippen LogP contribution in [0.4, 0.5) is 0 Å². The van der Waals surface area contributed by atoms with Crippen LogP contribution in [0.25, 0.3) is 0 Å². The van der Waals surface area contributed by atoms with Crippen molar-refractivity contribution in [2.75, 3.05) is 0 Å². The van der Waals surface area contributed by atoms with Gasteiger partial charge in [0.15, 0.2) is 8.32 Å². The van der Waals surface area contributed by atoms with Gasteiger partial charge in [0, 0.05) is 6.42 Å². The molecule has 1 rings (SSSR count). The van der Waals surface area contributed by atoms with Crippen molar-refractivity contribution >= 4 is 14.3 Å². The third-order valence-corrected chi connectivity index (χ3v) is 11.6. The molecule has 0 amide bonds. The Bertz CT molecular complexity index is 570. The third kappa shape index (κ3) is 10.1. The van der Waals surface area contributed by atoms with Crippen LogP contribution >= 0.6 is 0 Å². The van der Waals surface area contributed by atoms with Crippen molar-refractivity contribution in [1.82, 2.24) is 0 Å². The predicted octanol–water partition coefficient (Wildman–Crippen LogP) is 7.57. The molecule has 0 aromatic heterocycles. The Morgan fingerprint density at radius 2 is 1.88 bits per heavy atom. The minimum absolute atomic E-state index is 0.173. The summed E-state index contributed by atoms with van der Waals surface area (Å²) >= 11 is 0. The van der Waals surface area contributed by atoms with Gasteiger partial charge in [-0.25, -0.2) is 0 Å². The van der Waals surface area contributed by atoms with Gasteiger partial charge < -0.3 is 14.6 Å². The predicted molar refractivity (Wildman–Crippen MR) is 137 cm³/mol. The molecule has 0 aliphatic heterocycles. The van der Waals surface area contributed by atoms with Crippen molar-refractivity contribution in [3.05, 3.63) is 12.2 Å². The highest BCUT2D eigenvalue weighted by molar-refractivity contribution is 6.72. The molecule has 0 radical (unpaired) electrons. The Kier molecular flexibility index (Phi) is 12.8. The van der Waals surface area contributed by atoms with Gasteiger partial charge in [-0.1, -0.05) is 59.6 Å². The Labute approximate surface area is 199 Å². The van der Waals surface area contributed by atoms with Gasteiger partial charge in [0.2, 0.25) is 0 Å². The smallest absolute Gasteiger partial charge is 0.303 e. The summed E-state index contributed by atoms with van der Waals surface area (Å²) in [6.45, 7) is 16.4. The summed E-state index contributed by atoms with van der Waals surface area (Å²) in [6, 6.07) is 0. The van der Waals surface area contributed by atoms with E-state index in [1.807, 2.05) is 0 Å². The molecule has 0 saturated heterocycles. The number of allylic oxidation sites excluding steroid dienone is 2. The summed E-state index contributed by atoms with van der Waals surface area (Å²) in [7, 11) is -1.74. The largest absolute Gasteiger partial charge is 0.481 e. The van der Waals surface area contributed by atoms with Crippen LogP contribution in [-0.2, 0) is 9.22 Å². The molecule has 188 valence electrons. The summed E-state index contributed by atoms with van der Waals surface area (Å²) < 4.78 is 6.94. The Morgan fingerprint density at radius 1 is 1.19 bits per heavy atom. The average Bonchev–Trinajstić information content (AvgIpc) is 3.05. The summed E-state index contributed by atoms with van der Waals surface area (Å²) in [5.41, 5.74) is 0.769. The van der Waals surface area contributed by atoms with E-state index < -0.39 is 14.3 Å². The number of hydrogen-bond donors (Lipinski definition) is 2. The second-order valence-electron chi connectivity index (χ2n) is 11.6. The number of aliphatic hydroxyl groups is 1. The highest BCUT2D eigenvalue weighted by Gasteiger charge is 2.39. The molecule has 4 nitrogen and oxygen atoms in total. The summed E-state index contributed by atoms with van der Waals surface area (Å²) in [4.78, 5) is 10.6. The van der Waals surface area contributed by atoms with Gasteiger partial charge >= 0.3 is 5.97 Å². The highest BCUT2D eigenvalue weighted by atomic mass is 28.4. The molecule has 0 heterocycles.